The van der Waals surface area contributed by atoms with Gasteiger partial charge in [-0.25, -0.2) is 18.5 Å². The normalized spacial score (nSPS) is 20.8. The lowest BCUT2D eigenvalue weighted by Gasteiger charge is -2.30. The summed E-state index contributed by atoms with van der Waals surface area (Å²) in [5.74, 6) is 1.07. The first-order valence-electron chi connectivity index (χ1n) is 6.91. The third-order valence-electron chi connectivity index (χ3n) is 3.54. The SMILES string of the molecule is C[C@H]1CCCN(CCNc2ncccc2S(N)(=O)=O)C1. The highest BCUT2D eigenvalue weighted by molar-refractivity contribution is 7.89. The van der Waals surface area contributed by atoms with Crippen LogP contribution in [0.1, 0.15) is 19.8 Å². The van der Waals surface area contributed by atoms with Crippen LogP contribution in [0.15, 0.2) is 23.2 Å². The van der Waals surface area contributed by atoms with Crippen molar-refractivity contribution < 1.29 is 8.42 Å². The van der Waals surface area contributed by atoms with Gasteiger partial charge in [0.2, 0.25) is 10.0 Å². The molecule has 7 heteroatoms. The molecule has 0 spiro atoms. The lowest BCUT2D eigenvalue weighted by atomic mass is 10.0. The van der Waals surface area contributed by atoms with Gasteiger partial charge in [-0.05, 0) is 37.4 Å². The Hall–Kier alpha value is -1.18. The predicted molar refractivity (Wildman–Crippen MR) is 78.9 cm³/mol. The summed E-state index contributed by atoms with van der Waals surface area (Å²) in [7, 11) is -3.74. The maximum atomic E-state index is 11.4. The van der Waals surface area contributed by atoms with Gasteiger partial charge < -0.3 is 10.2 Å². The lowest BCUT2D eigenvalue weighted by molar-refractivity contribution is 0.190. The summed E-state index contributed by atoms with van der Waals surface area (Å²) >= 11 is 0. The summed E-state index contributed by atoms with van der Waals surface area (Å²) < 4.78 is 22.9. The number of primary sulfonamides is 1. The van der Waals surface area contributed by atoms with Gasteiger partial charge in [0.15, 0.2) is 0 Å². The van der Waals surface area contributed by atoms with Crippen molar-refractivity contribution in [1.29, 1.82) is 0 Å². The minimum atomic E-state index is -3.74. The van der Waals surface area contributed by atoms with Crippen molar-refractivity contribution >= 4 is 15.8 Å². The number of hydrogen-bond acceptors (Lipinski definition) is 5. The number of pyridine rings is 1. The third kappa shape index (κ3) is 4.16. The van der Waals surface area contributed by atoms with E-state index in [1.807, 2.05) is 0 Å². The van der Waals surface area contributed by atoms with E-state index in [0.717, 1.165) is 25.6 Å². The number of piperidine rings is 1. The molecule has 2 rings (SSSR count). The maximum absolute atomic E-state index is 11.4. The second-order valence-corrected chi connectivity index (χ2v) is 6.90. The van der Waals surface area contributed by atoms with Crippen LogP contribution in [0.3, 0.4) is 0 Å². The van der Waals surface area contributed by atoms with E-state index in [1.165, 1.54) is 18.9 Å². The number of hydrogen-bond donors (Lipinski definition) is 2. The highest BCUT2D eigenvalue weighted by Gasteiger charge is 2.17. The molecule has 0 aromatic carbocycles. The van der Waals surface area contributed by atoms with Gasteiger partial charge in [0.25, 0.3) is 0 Å². The summed E-state index contributed by atoms with van der Waals surface area (Å²) in [5, 5.41) is 8.24. The smallest absolute Gasteiger partial charge is 0.241 e. The van der Waals surface area contributed by atoms with E-state index in [9.17, 15) is 8.42 Å². The molecule has 1 aromatic heterocycles. The summed E-state index contributed by atoms with van der Waals surface area (Å²) in [6.45, 7) is 6.01. The fraction of sp³-hybridized carbons (Fsp3) is 0.615. The van der Waals surface area contributed by atoms with E-state index in [2.05, 4.69) is 22.1 Å². The summed E-state index contributed by atoms with van der Waals surface area (Å²) in [4.78, 5) is 6.49. The van der Waals surface area contributed by atoms with Crippen LogP contribution in [0.25, 0.3) is 0 Å². The van der Waals surface area contributed by atoms with E-state index in [1.54, 1.807) is 12.3 Å². The number of sulfonamides is 1. The Labute approximate surface area is 120 Å². The van der Waals surface area contributed by atoms with Crippen molar-refractivity contribution in [2.24, 2.45) is 11.1 Å². The molecule has 1 fully saturated rings. The van der Waals surface area contributed by atoms with Gasteiger partial charge in [0.1, 0.15) is 10.7 Å². The number of likely N-dealkylation sites (tertiary alicyclic amines) is 1. The van der Waals surface area contributed by atoms with Gasteiger partial charge in [0, 0.05) is 25.8 Å². The molecule has 6 nitrogen and oxygen atoms in total. The molecule has 3 N–H and O–H groups in total. The van der Waals surface area contributed by atoms with E-state index >= 15 is 0 Å². The molecule has 1 aromatic rings. The molecule has 1 atom stereocenters. The van der Waals surface area contributed by atoms with Crippen LogP contribution >= 0.6 is 0 Å². The zero-order valence-corrected chi connectivity index (χ0v) is 12.6. The van der Waals surface area contributed by atoms with Crippen molar-refractivity contribution in [3.05, 3.63) is 18.3 Å². The standard InChI is InChI=1S/C13H22N4O2S/c1-11-4-3-8-17(10-11)9-7-16-13-12(20(14,18)19)5-2-6-15-13/h2,5-6,11H,3-4,7-10H2,1H3,(H,15,16)(H2,14,18,19)/t11-/m0/s1. The molecule has 0 unspecified atom stereocenters. The molecule has 1 aliphatic rings. The summed E-state index contributed by atoms with van der Waals surface area (Å²) in [6, 6.07) is 3.03. The highest BCUT2D eigenvalue weighted by atomic mass is 32.2. The number of rotatable bonds is 5. The number of anilines is 1. The Morgan fingerprint density at radius 3 is 3.05 bits per heavy atom. The Morgan fingerprint density at radius 2 is 2.35 bits per heavy atom. The number of aromatic nitrogens is 1. The topological polar surface area (TPSA) is 88.3 Å². The quantitative estimate of drug-likeness (QED) is 0.842. The highest BCUT2D eigenvalue weighted by Crippen LogP contribution is 2.17. The minimum absolute atomic E-state index is 0.0482. The molecule has 20 heavy (non-hydrogen) atoms. The van der Waals surface area contributed by atoms with Crippen molar-refractivity contribution in [2.75, 3.05) is 31.5 Å². The number of nitrogens with one attached hydrogen (secondary N) is 1. The Morgan fingerprint density at radius 1 is 1.55 bits per heavy atom. The van der Waals surface area contributed by atoms with Crippen molar-refractivity contribution in [3.63, 3.8) is 0 Å². The van der Waals surface area contributed by atoms with E-state index in [-0.39, 0.29) is 4.90 Å². The molecule has 0 aliphatic carbocycles. The Balaban J connectivity index is 1.91. The first-order valence-corrected chi connectivity index (χ1v) is 8.45. The molecule has 1 saturated heterocycles. The van der Waals surface area contributed by atoms with Crippen molar-refractivity contribution in [3.8, 4) is 0 Å². The third-order valence-corrected chi connectivity index (χ3v) is 4.48. The number of nitrogens with zero attached hydrogens (tertiary/aromatic N) is 2. The van der Waals surface area contributed by atoms with Gasteiger partial charge >= 0.3 is 0 Å². The first kappa shape index (κ1) is 15.2. The average Bonchev–Trinajstić information content (AvgIpc) is 2.38. The molecule has 0 radical (unpaired) electrons. The molecule has 0 bridgehead atoms. The Bertz CT molecular complexity index is 547. The second kappa shape index (κ2) is 6.51. The summed E-state index contributed by atoms with van der Waals surface area (Å²) in [6.07, 6.45) is 4.08. The largest absolute Gasteiger partial charge is 0.368 e. The monoisotopic (exact) mass is 298 g/mol. The Kier molecular flexibility index (Phi) is 4.95. The zero-order chi connectivity index (χ0) is 14.6. The van der Waals surface area contributed by atoms with Crippen LogP contribution in [0, 0.1) is 5.92 Å². The maximum Gasteiger partial charge on any atom is 0.241 e. The van der Waals surface area contributed by atoms with E-state index in [4.69, 9.17) is 5.14 Å². The minimum Gasteiger partial charge on any atom is -0.368 e. The molecule has 2 heterocycles. The van der Waals surface area contributed by atoms with Crippen LogP contribution in [-0.2, 0) is 10.0 Å². The molecule has 0 amide bonds. The van der Waals surface area contributed by atoms with Crippen molar-refractivity contribution in [1.82, 2.24) is 9.88 Å². The van der Waals surface area contributed by atoms with Crippen LogP contribution < -0.4 is 10.5 Å². The fourth-order valence-corrected chi connectivity index (χ4v) is 3.24. The predicted octanol–water partition coefficient (Wildman–Crippen LogP) is 0.873. The second-order valence-electron chi connectivity index (χ2n) is 5.37. The summed E-state index contributed by atoms with van der Waals surface area (Å²) in [5.41, 5.74) is 0. The molecular weight excluding hydrogens is 276 g/mol. The van der Waals surface area contributed by atoms with Gasteiger partial charge in [-0.3, -0.25) is 0 Å². The van der Waals surface area contributed by atoms with Crippen molar-refractivity contribution in [2.45, 2.75) is 24.7 Å². The van der Waals surface area contributed by atoms with Gasteiger partial charge in [-0.1, -0.05) is 6.92 Å². The van der Waals surface area contributed by atoms with Gasteiger partial charge in [-0.2, -0.15) is 0 Å². The van der Waals surface area contributed by atoms with E-state index < -0.39 is 10.0 Å². The first-order chi connectivity index (χ1) is 9.47. The van der Waals surface area contributed by atoms with Crippen LogP contribution in [-0.4, -0.2) is 44.5 Å². The van der Waals surface area contributed by atoms with Crippen LogP contribution in [0.4, 0.5) is 5.82 Å². The van der Waals surface area contributed by atoms with Crippen LogP contribution in [0.5, 0.6) is 0 Å². The zero-order valence-electron chi connectivity index (χ0n) is 11.7. The average molecular weight is 298 g/mol. The van der Waals surface area contributed by atoms with Crippen LogP contribution in [0.2, 0.25) is 0 Å². The molecule has 112 valence electrons. The fourth-order valence-electron chi connectivity index (χ4n) is 2.58. The molecule has 1 aliphatic heterocycles. The van der Waals surface area contributed by atoms with Gasteiger partial charge in [-0.15, -0.1) is 0 Å². The van der Waals surface area contributed by atoms with E-state index in [0.29, 0.717) is 12.4 Å². The number of nitrogens with two attached hydrogens (primary N) is 1. The lowest BCUT2D eigenvalue weighted by Crippen LogP contribution is -2.37. The molecule has 0 saturated carbocycles. The molecular formula is C13H22N4O2S. The van der Waals surface area contributed by atoms with Gasteiger partial charge in [0.05, 0.1) is 0 Å².